The molecule has 0 radical (unpaired) electrons. The maximum atomic E-state index is 12.5. The number of aromatic nitrogens is 5. The number of carbonyl (C=O) groups excluding carboxylic acids is 1. The molecule has 1 aliphatic rings. The Bertz CT molecular complexity index is 982. The van der Waals surface area contributed by atoms with Crippen molar-refractivity contribution in [2.45, 2.75) is 26.0 Å². The topological polar surface area (TPSA) is 86.9 Å². The van der Waals surface area contributed by atoms with E-state index < -0.39 is 6.67 Å². The lowest BCUT2D eigenvalue weighted by Crippen LogP contribution is -2.26. The molecular weight excluding hydrogens is 351 g/mol. The molecule has 0 unspecified atom stereocenters. The average molecular weight is 372 g/mol. The highest BCUT2D eigenvalue weighted by Gasteiger charge is 2.29. The summed E-state index contributed by atoms with van der Waals surface area (Å²) in [5, 5.41) is 6.99. The van der Waals surface area contributed by atoms with E-state index in [0.29, 0.717) is 24.5 Å². The normalized spacial score (nSPS) is 18.0. The van der Waals surface area contributed by atoms with E-state index in [-0.39, 0.29) is 24.5 Å². The highest BCUT2D eigenvalue weighted by molar-refractivity contribution is 5.84. The van der Waals surface area contributed by atoms with Crippen LogP contribution >= 0.6 is 0 Å². The number of alkyl halides is 1. The number of halogens is 1. The summed E-state index contributed by atoms with van der Waals surface area (Å²) in [5.41, 5.74) is 2.97. The van der Waals surface area contributed by atoms with Gasteiger partial charge in [-0.25, -0.2) is 14.4 Å². The number of aryl methyl sites for hydroxylation is 2. The van der Waals surface area contributed by atoms with Crippen LogP contribution in [0.4, 0.5) is 4.39 Å². The van der Waals surface area contributed by atoms with Crippen molar-refractivity contribution in [1.29, 1.82) is 0 Å². The highest BCUT2D eigenvalue weighted by atomic mass is 19.1. The first-order valence-electron chi connectivity index (χ1n) is 8.89. The van der Waals surface area contributed by atoms with Gasteiger partial charge in [-0.2, -0.15) is 5.10 Å². The second kappa shape index (κ2) is 6.98. The summed E-state index contributed by atoms with van der Waals surface area (Å²) in [6.07, 6.45) is 5.38. The number of hydrogen-bond acceptors (Lipinski definition) is 5. The summed E-state index contributed by atoms with van der Waals surface area (Å²) >= 11 is 0. The van der Waals surface area contributed by atoms with Crippen LogP contribution < -0.4 is 10.1 Å². The van der Waals surface area contributed by atoms with Gasteiger partial charge in [0.1, 0.15) is 18.3 Å². The van der Waals surface area contributed by atoms with Crippen LogP contribution in [0.25, 0.3) is 22.3 Å². The Hall–Kier alpha value is -2.97. The molecule has 8 nitrogen and oxygen atoms in total. The van der Waals surface area contributed by atoms with Gasteiger partial charge in [0.15, 0.2) is 0 Å². The number of rotatable bonds is 6. The molecule has 1 aliphatic heterocycles. The molecule has 1 fully saturated rings. The lowest BCUT2D eigenvalue weighted by Gasteiger charge is -2.20. The Labute approximate surface area is 155 Å². The first kappa shape index (κ1) is 17.4. The molecule has 0 saturated carbocycles. The SMILES string of the molecule is C[C@@H](Oc1nc(-c2cnn(CCF)c2)cc2ncn(C)c12)[C@H]1CNC(=O)C1. The lowest BCUT2D eigenvalue weighted by molar-refractivity contribution is -0.119. The summed E-state index contributed by atoms with van der Waals surface area (Å²) in [5.74, 6) is 0.606. The molecule has 0 bridgehead atoms. The average Bonchev–Trinajstić information content (AvgIpc) is 3.36. The third-order valence-electron chi connectivity index (χ3n) is 4.88. The van der Waals surface area contributed by atoms with Crippen LogP contribution in [0, 0.1) is 5.92 Å². The molecule has 0 spiro atoms. The number of hydrogen-bond donors (Lipinski definition) is 1. The standard InChI is InChI=1S/C18H21FN6O2/c1-11(12-5-16(26)20-7-12)27-18-17-15(21-10-24(17)2)6-14(23-18)13-8-22-25(9-13)4-3-19/h6,8-12H,3-5,7H2,1-2H3,(H,20,26)/t11-,12-/m1/s1. The minimum absolute atomic E-state index is 0.0446. The second-order valence-electron chi connectivity index (χ2n) is 6.81. The van der Waals surface area contributed by atoms with E-state index in [4.69, 9.17) is 4.74 Å². The summed E-state index contributed by atoms with van der Waals surface area (Å²) in [4.78, 5) is 20.6. The zero-order valence-electron chi connectivity index (χ0n) is 15.2. The van der Waals surface area contributed by atoms with Gasteiger partial charge in [-0.3, -0.25) is 9.48 Å². The van der Waals surface area contributed by atoms with E-state index in [1.165, 1.54) is 0 Å². The maximum absolute atomic E-state index is 12.5. The van der Waals surface area contributed by atoms with Crippen LogP contribution in [0.5, 0.6) is 5.88 Å². The van der Waals surface area contributed by atoms with Crippen molar-refractivity contribution in [2.24, 2.45) is 13.0 Å². The van der Waals surface area contributed by atoms with Crippen molar-refractivity contribution in [3.63, 3.8) is 0 Å². The van der Waals surface area contributed by atoms with E-state index in [2.05, 4.69) is 20.4 Å². The van der Waals surface area contributed by atoms with Gasteiger partial charge in [0, 0.05) is 37.7 Å². The molecule has 4 rings (SSSR count). The molecule has 142 valence electrons. The molecule has 27 heavy (non-hydrogen) atoms. The van der Waals surface area contributed by atoms with Crippen LogP contribution in [-0.4, -0.2) is 49.5 Å². The maximum Gasteiger partial charge on any atom is 0.241 e. The fourth-order valence-corrected chi connectivity index (χ4v) is 3.30. The quantitative estimate of drug-likeness (QED) is 0.712. The van der Waals surface area contributed by atoms with Crippen molar-refractivity contribution in [2.75, 3.05) is 13.2 Å². The molecular formula is C18H21FN6O2. The summed E-state index contributed by atoms with van der Waals surface area (Å²) in [7, 11) is 1.88. The molecule has 3 aromatic rings. The van der Waals surface area contributed by atoms with E-state index in [9.17, 15) is 9.18 Å². The zero-order chi connectivity index (χ0) is 19.0. The molecule has 4 heterocycles. The number of nitrogens with zero attached hydrogens (tertiary/aromatic N) is 5. The predicted octanol–water partition coefficient (Wildman–Crippen LogP) is 1.70. The predicted molar refractivity (Wildman–Crippen MR) is 96.9 cm³/mol. The largest absolute Gasteiger partial charge is 0.473 e. The summed E-state index contributed by atoms with van der Waals surface area (Å²) < 4.78 is 22.1. The number of imidazole rings is 1. The van der Waals surface area contributed by atoms with E-state index in [1.807, 2.05) is 24.6 Å². The number of carbonyl (C=O) groups is 1. The lowest BCUT2D eigenvalue weighted by atomic mass is 10.0. The van der Waals surface area contributed by atoms with Crippen molar-refractivity contribution in [1.82, 2.24) is 29.6 Å². The van der Waals surface area contributed by atoms with Crippen molar-refractivity contribution < 1.29 is 13.9 Å². The molecule has 1 N–H and O–H groups in total. The monoisotopic (exact) mass is 372 g/mol. The third kappa shape index (κ3) is 3.36. The number of amides is 1. The molecule has 1 amide bonds. The summed E-state index contributed by atoms with van der Waals surface area (Å²) in [6, 6.07) is 1.87. The van der Waals surface area contributed by atoms with Gasteiger partial charge in [0.05, 0.1) is 30.3 Å². The van der Waals surface area contributed by atoms with Gasteiger partial charge < -0.3 is 14.6 Å². The molecule has 0 aromatic carbocycles. The third-order valence-corrected chi connectivity index (χ3v) is 4.88. The smallest absolute Gasteiger partial charge is 0.241 e. The number of nitrogens with one attached hydrogen (secondary N) is 1. The first-order chi connectivity index (χ1) is 13.0. The van der Waals surface area contributed by atoms with Crippen molar-refractivity contribution >= 4 is 16.9 Å². The van der Waals surface area contributed by atoms with Gasteiger partial charge in [0.25, 0.3) is 0 Å². The fourth-order valence-electron chi connectivity index (χ4n) is 3.30. The molecule has 1 saturated heterocycles. The molecule has 2 atom stereocenters. The van der Waals surface area contributed by atoms with E-state index in [0.717, 1.165) is 16.6 Å². The zero-order valence-corrected chi connectivity index (χ0v) is 15.2. The van der Waals surface area contributed by atoms with Gasteiger partial charge in [0.2, 0.25) is 11.8 Å². The number of ether oxygens (including phenoxy) is 1. The van der Waals surface area contributed by atoms with Crippen LogP contribution in [0.15, 0.2) is 24.8 Å². The minimum Gasteiger partial charge on any atom is -0.473 e. The Kier molecular flexibility index (Phi) is 4.51. The Morgan fingerprint density at radius 3 is 3.07 bits per heavy atom. The molecule has 0 aliphatic carbocycles. The minimum atomic E-state index is -0.478. The van der Waals surface area contributed by atoms with E-state index >= 15 is 0 Å². The Balaban J connectivity index is 1.69. The highest BCUT2D eigenvalue weighted by Crippen LogP contribution is 2.30. The summed E-state index contributed by atoms with van der Waals surface area (Å²) in [6.45, 7) is 2.27. The van der Waals surface area contributed by atoms with Gasteiger partial charge in [-0.15, -0.1) is 0 Å². The van der Waals surface area contributed by atoms with Crippen LogP contribution in [0.3, 0.4) is 0 Å². The van der Waals surface area contributed by atoms with Crippen molar-refractivity contribution in [3.05, 3.63) is 24.8 Å². The van der Waals surface area contributed by atoms with Gasteiger partial charge in [-0.1, -0.05) is 0 Å². The second-order valence-corrected chi connectivity index (χ2v) is 6.81. The van der Waals surface area contributed by atoms with E-state index in [1.54, 1.807) is 23.4 Å². The van der Waals surface area contributed by atoms with Gasteiger partial charge >= 0.3 is 0 Å². The van der Waals surface area contributed by atoms with Crippen LogP contribution in [0.1, 0.15) is 13.3 Å². The Morgan fingerprint density at radius 2 is 2.33 bits per heavy atom. The van der Waals surface area contributed by atoms with Crippen molar-refractivity contribution in [3.8, 4) is 17.1 Å². The molecule has 9 heteroatoms. The Morgan fingerprint density at radius 1 is 1.48 bits per heavy atom. The fraction of sp³-hybridized carbons (Fsp3) is 0.444. The molecule has 3 aromatic heterocycles. The van der Waals surface area contributed by atoms with Crippen LogP contribution in [0.2, 0.25) is 0 Å². The van der Waals surface area contributed by atoms with Gasteiger partial charge in [-0.05, 0) is 13.0 Å². The number of pyridine rings is 1. The number of fused-ring (bicyclic) bond motifs is 1. The first-order valence-corrected chi connectivity index (χ1v) is 8.89. The van der Waals surface area contributed by atoms with Crippen LogP contribution in [-0.2, 0) is 18.4 Å².